The standard InChI is InChI=1S/C34H40ClF2N7O3.HI/c1-4-15-44(16-5-2,17-6-3)18-21-46-20-13-40-34(45)25-8-7-24(22-27(25)35)42-32-33-41-23-28(43(33)14-12-39-32)26-9-10-29(47-19-11-38)31(37)30(26)36;/h7-10,12,14,22-23H,4-6,13,15-21H2,1-3H3,(H-,39,40,42,45);1H. The summed E-state index contributed by atoms with van der Waals surface area (Å²) in [5, 5.41) is 14.9. The van der Waals surface area contributed by atoms with Crippen molar-refractivity contribution in [2.24, 2.45) is 0 Å². The number of fused-ring (bicyclic) bond motifs is 1. The minimum Gasteiger partial charge on any atom is -1.00 e. The highest BCUT2D eigenvalue weighted by atomic mass is 127. The molecule has 14 heteroatoms. The van der Waals surface area contributed by atoms with Gasteiger partial charge < -0.3 is 48.6 Å². The number of ether oxygens (including phenoxy) is 2. The number of aromatic nitrogens is 3. The number of carbonyl (C=O) groups is 1. The average molecular weight is 796 g/mol. The molecule has 10 nitrogen and oxygen atoms in total. The molecule has 0 radical (unpaired) electrons. The number of benzene rings is 2. The number of anilines is 2. The summed E-state index contributed by atoms with van der Waals surface area (Å²) in [7, 11) is 0. The van der Waals surface area contributed by atoms with E-state index in [-0.39, 0.29) is 51.9 Å². The lowest BCUT2D eigenvalue weighted by Crippen LogP contribution is -3.00. The predicted molar refractivity (Wildman–Crippen MR) is 178 cm³/mol. The molecule has 0 bridgehead atoms. The first-order valence-corrected chi connectivity index (χ1v) is 16.2. The maximum absolute atomic E-state index is 15.0. The van der Waals surface area contributed by atoms with Crippen LogP contribution < -0.4 is 39.3 Å². The highest BCUT2D eigenvalue weighted by Gasteiger charge is 2.24. The van der Waals surface area contributed by atoms with E-state index in [1.54, 1.807) is 34.9 Å². The van der Waals surface area contributed by atoms with Crippen LogP contribution in [0, 0.1) is 23.0 Å². The van der Waals surface area contributed by atoms with Crippen LogP contribution in [0.5, 0.6) is 5.75 Å². The molecule has 1 amide bonds. The highest BCUT2D eigenvalue weighted by molar-refractivity contribution is 6.34. The van der Waals surface area contributed by atoms with Crippen molar-refractivity contribution in [3.8, 4) is 23.1 Å². The fraction of sp³-hybridized carbons (Fsp3) is 0.412. The van der Waals surface area contributed by atoms with Crippen molar-refractivity contribution in [3.05, 3.63) is 71.1 Å². The molecule has 258 valence electrons. The summed E-state index contributed by atoms with van der Waals surface area (Å²) in [5.41, 5.74) is 1.45. The normalized spacial score (nSPS) is 11.2. The number of nitrogens with zero attached hydrogens (tertiary/aromatic N) is 5. The molecule has 0 unspecified atom stereocenters. The van der Waals surface area contributed by atoms with Gasteiger partial charge in [0.2, 0.25) is 5.82 Å². The molecule has 2 aromatic carbocycles. The van der Waals surface area contributed by atoms with Crippen molar-refractivity contribution >= 4 is 34.7 Å². The molecular formula is C34H41ClF2IN7O3. The summed E-state index contributed by atoms with van der Waals surface area (Å²) < 4.78 is 43.0. The van der Waals surface area contributed by atoms with Gasteiger partial charge in [-0.25, -0.2) is 14.4 Å². The number of amides is 1. The first kappa shape index (κ1) is 38.9. The Morgan fingerprint density at radius 1 is 1.02 bits per heavy atom. The Hall–Kier alpha value is -3.58. The van der Waals surface area contributed by atoms with Gasteiger partial charge in [-0.2, -0.15) is 9.65 Å². The van der Waals surface area contributed by atoms with Gasteiger partial charge in [-0.05, 0) is 49.6 Å². The van der Waals surface area contributed by atoms with Gasteiger partial charge in [-0.15, -0.1) is 0 Å². The number of rotatable bonds is 18. The zero-order valence-corrected chi connectivity index (χ0v) is 30.3. The van der Waals surface area contributed by atoms with E-state index < -0.39 is 18.2 Å². The lowest BCUT2D eigenvalue weighted by molar-refractivity contribution is -0.928. The molecule has 48 heavy (non-hydrogen) atoms. The van der Waals surface area contributed by atoms with Crippen LogP contribution in [0.1, 0.15) is 50.4 Å². The second-order valence-corrected chi connectivity index (χ2v) is 11.6. The van der Waals surface area contributed by atoms with Crippen molar-refractivity contribution in [2.75, 3.05) is 57.9 Å². The first-order valence-electron chi connectivity index (χ1n) is 15.8. The van der Waals surface area contributed by atoms with Crippen molar-refractivity contribution < 1.29 is 51.5 Å². The molecule has 0 saturated carbocycles. The van der Waals surface area contributed by atoms with Crippen molar-refractivity contribution in [2.45, 2.75) is 40.0 Å². The van der Waals surface area contributed by atoms with Gasteiger partial charge in [0, 0.05) is 30.2 Å². The van der Waals surface area contributed by atoms with Crippen LogP contribution in [0.3, 0.4) is 0 Å². The smallest absolute Gasteiger partial charge is 0.252 e. The summed E-state index contributed by atoms with van der Waals surface area (Å²) in [6.07, 6.45) is 7.88. The topological polar surface area (TPSA) is 114 Å². The summed E-state index contributed by atoms with van der Waals surface area (Å²) in [5.74, 6) is -2.67. The fourth-order valence-corrected chi connectivity index (χ4v) is 6.12. The number of hydrogen-bond acceptors (Lipinski definition) is 7. The van der Waals surface area contributed by atoms with Gasteiger partial charge >= 0.3 is 0 Å². The number of quaternary nitrogens is 1. The van der Waals surface area contributed by atoms with Crippen LogP contribution in [0.25, 0.3) is 16.9 Å². The molecule has 0 atom stereocenters. The molecule has 0 saturated heterocycles. The Morgan fingerprint density at radius 2 is 1.75 bits per heavy atom. The molecule has 2 heterocycles. The summed E-state index contributed by atoms with van der Waals surface area (Å²) in [6, 6.07) is 9.24. The van der Waals surface area contributed by atoms with Crippen LogP contribution in [-0.4, -0.2) is 77.3 Å². The average Bonchev–Trinajstić information content (AvgIpc) is 3.49. The van der Waals surface area contributed by atoms with Gasteiger partial charge in [-0.1, -0.05) is 32.4 Å². The van der Waals surface area contributed by atoms with Crippen molar-refractivity contribution in [1.29, 1.82) is 5.26 Å². The van der Waals surface area contributed by atoms with Crippen molar-refractivity contribution in [3.63, 3.8) is 0 Å². The molecule has 2 N–H and O–H groups in total. The molecule has 0 spiro atoms. The Kier molecular flexibility index (Phi) is 15.2. The lowest BCUT2D eigenvalue weighted by Gasteiger charge is -2.38. The maximum atomic E-state index is 15.0. The maximum Gasteiger partial charge on any atom is 0.252 e. The van der Waals surface area contributed by atoms with Crippen LogP contribution in [0.2, 0.25) is 5.02 Å². The Labute approximate surface area is 302 Å². The summed E-state index contributed by atoms with van der Waals surface area (Å²) in [4.78, 5) is 21.5. The summed E-state index contributed by atoms with van der Waals surface area (Å²) in [6.45, 7) is 12.1. The molecule has 0 fully saturated rings. The third-order valence-corrected chi connectivity index (χ3v) is 8.17. The lowest BCUT2D eigenvalue weighted by atomic mass is 10.1. The number of nitrogens with one attached hydrogen (secondary N) is 2. The minimum absolute atomic E-state index is 0. The number of hydrogen-bond donors (Lipinski definition) is 2. The number of imidazole rings is 1. The van der Waals surface area contributed by atoms with E-state index in [0.29, 0.717) is 42.5 Å². The van der Waals surface area contributed by atoms with E-state index in [4.69, 9.17) is 26.3 Å². The largest absolute Gasteiger partial charge is 1.00 e. The van der Waals surface area contributed by atoms with Gasteiger partial charge in [0.15, 0.2) is 29.6 Å². The quantitative estimate of drug-likeness (QED) is 0.0897. The Bertz CT molecular complexity index is 1700. The monoisotopic (exact) mass is 795 g/mol. The van der Waals surface area contributed by atoms with E-state index >= 15 is 0 Å². The van der Waals surface area contributed by atoms with Crippen LogP contribution in [0.15, 0.2) is 48.9 Å². The van der Waals surface area contributed by atoms with Crippen molar-refractivity contribution in [1.82, 2.24) is 19.7 Å². The summed E-state index contributed by atoms with van der Waals surface area (Å²) >= 11 is 6.49. The number of carbonyl (C=O) groups excluding carboxylic acids is 1. The van der Waals surface area contributed by atoms with E-state index in [1.807, 2.05) is 0 Å². The van der Waals surface area contributed by atoms with Crippen LogP contribution in [-0.2, 0) is 4.74 Å². The molecule has 4 rings (SSSR count). The fourth-order valence-electron chi connectivity index (χ4n) is 5.86. The Balaban J connectivity index is 0.00000625. The molecule has 0 aliphatic carbocycles. The Morgan fingerprint density at radius 3 is 2.42 bits per heavy atom. The SMILES string of the molecule is CCC[N+](CCC)(CCC)CCOCCNC(=O)c1ccc(Nc2nccn3c(-c4ccc(OCC#N)c(F)c4F)cnc23)cc1Cl.[I-]. The van der Waals surface area contributed by atoms with E-state index in [2.05, 4.69) is 41.4 Å². The first-order chi connectivity index (χ1) is 22.8. The molecule has 0 aliphatic rings. The second-order valence-electron chi connectivity index (χ2n) is 11.2. The highest BCUT2D eigenvalue weighted by Crippen LogP contribution is 2.32. The number of nitriles is 1. The molecular weight excluding hydrogens is 755 g/mol. The second kappa shape index (κ2) is 18.8. The van der Waals surface area contributed by atoms with Gasteiger partial charge in [0.05, 0.1) is 55.3 Å². The minimum atomic E-state index is -1.20. The predicted octanol–water partition coefficient (Wildman–Crippen LogP) is 3.77. The van der Waals surface area contributed by atoms with Gasteiger partial charge in [0.1, 0.15) is 12.6 Å². The van der Waals surface area contributed by atoms with E-state index in [0.717, 1.165) is 49.9 Å². The number of halogens is 4. The third-order valence-electron chi connectivity index (χ3n) is 7.86. The van der Waals surface area contributed by atoms with E-state index in [9.17, 15) is 13.6 Å². The van der Waals surface area contributed by atoms with Crippen LogP contribution in [0.4, 0.5) is 20.3 Å². The molecule has 4 aromatic rings. The molecule has 2 aromatic heterocycles. The zero-order chi connectivity index (χ0) is 33.8. The third kappa shape index (κ3) is 9.52. The van der Waals surface area contributed by atoms with Gasteiger partial charge in [0.25, 0.3) is 5.91 Å². The van der Waals surface area contributed by atoms with Crippen LogP contribution >= 0.6 is 11.6 Å². The van der Waals surface area contributed by atoms with E-state index in [1.165, 1.54) is 24.5 Å². The molecule has 0 aliphatic heterocycles. The van der Waals surface area contributed by atoms with Gasteiger partial charge in [-0.3, -0.25) is 9.20 Å². The zero-order valence-electron chi connectivity index (χ0n) is 27.4.